The Bertz CT molecular complexity index is 638. The standard InChI is InChI=1S/C19H28N4O4/c1-2-27-19(26)16-15(23-16)18(25)22-14(12-13-8-4-3-5-9-13)17(24)21-11-7-6-10-20/h3-5,8-9,14-16,23H,2,6-7,10-12,20H2,1H3,(H,21,24)(H,22,25)/t14-,15-,16-/m0/s1. The molecule has 1 fully saturated rings. The van der Waals surface area contributed by atoms with Crippen molar-refractivity contribution in [2.45, 2.75) is 44.3 Å². The number of carbonyl (C=O) groups excluding carboxylic acids is 3. The van der Waals surface area contributed by atoms with Crippen molar-refractivity contribution in [2.24, 2.45) is 5.73 Å². The molecule has 0 saturated carbocycles. The van der Waals surface area contributed by atoms with Gasteiger partial charge in [-0.05, 0) is 31.9 Å². The monoisotopic (exact) mass is 376 g/mol. The zero-order valence-electron chi connectivity index (χ0n) is 15.6. The van der Waals surface area contributed by atoms with Crippen LogP contribution in [-0.4, -0.2) is 55.6 Å². The van der Waals surface area contributed by atoms with Crippen LogP contribution in [0.15, 0.2) is 30.3 Å². The molecule has 0 radical (unpaired) electrons. The lowest BCUT2D eigenvalue weighted by atomic mass is 10.0. The van der Waals surface area contributed by atoms with Crippen molar-refractivity contribution in [1.29, 1.82) is 0 Å². The largest absolute Gasteiger partial charge is 0.465 e. The molecule has 2 amide bonds. The van der Waals surface area contributed by atoms with Gasteiger partial charge < -0.3 is 21.1 Å². The molecule has 0 aliphatic carbocycles. The Morgan fingerprint density at radius 2 is 1.93 bits per heavy atom. The lowest BCUT2D eigenvalue weighted by molar-refractivity contribution is -0.143. The highest BCUT2D eigenvalue weighted by atomic mass is 16.5. The van der Waals surface area contributed by atoms with Gasteiger partial charge in [0, 0.05) is 13.0 Å². The van der Waals surface area contributed by atoms with Crippen molar-refractivity contribution in [3.63, 3.8) is 0 Å². The number of esters is 1. The van der Waals surface area contributed by atoms with E-state index in [1.54, 1.807) is 6.92 Å². The number of nitrogens with one attached hydrogen (secondary N) is 3. The first-order chi connectivity index (χ1) is 13.1. The van der Waals surface area contributed by atoms with Gasteiger partial charge in [-0.3, -0.25) is 19.7 Å². The van der Waals surface area contributed by atoms with Crippen LogP contribution in [0.4, 0.5) is 0 Å². The van der Waals surface area contributed by atoms with Gasteiger partial charge in [-0.25, -0.2) is 0 Å². The highest BCUT2D eigenvalue weighted by molar-refractivity contribution is 5.97. The van der Waals surface area contributed by atoms with Crippen LogP contribution < -0.4 is 21.7 Å². The summed E-state index contributed by atoms with van der Waals surface area (Å²) in [5, 5.41) is 8.37. The van der Waals surface area contributed by atoms with Crippen molar-refractivity contribution in [2.75, 3.05) is 19.7 Å². The highest BCUT2D eigenvalue weighted by Gasteiger charge is 2.49. The molecular weight excluding hydrogens is 348 g/mol. The molecular formula is C19H28N4O4. The molecule has 0 unspecified atom stereocenters. The molecule has 8 heteroatoms. The minimum atomic E-state index is -0.719. The van der Waals surface area contributed by atoms with E-state index in [-0.39, 0.29) is 18.4 Å². The van der Waals surface area contributed by atoms with Crippen LogP contribution in [0.2, 0.25) is 0 Å². The van der Waals surface area contributed by atoms with E-state index in [1.165, 1.54) is 0 Å². The predicted molar refractivity (Wildman–Crippen MR) is 101 cm³/mol. The number of unbranched alkanes of at least 4 members (excludes halogenated alkanes) is 1. The van der Waals surface area contributed by atoms with Gasteiger partial charge in [0.15, 0.2) is 0 Å². The lowest BCUT2D eigenvalue weighted by Gasteiger charge is -2.18. The molecule has 0 bridgehead atoms. The summed E-state index contributed by atoms with van der Waals surface area (Å²) in [4.78, 5) is 36.6. The number of rotatable bonds is 11. The normalized spacial score (nSPS) is 19.0. The van der Waals surface area contributed by atoms with Gasteiger partial charge in [0.05, 0.1) is 6.61 Å². The molecule has 5 N–H and O–H groups in total. The van der Waals surface area contributed by atoms with Gasteiger partial charge in [0.25, 0.3) is 0 Å². The average molecular weight is 376 g/mol. The van der Waals surface area contributed by atoms with E-state index in [2.05, 4.69) is 16.0 Å². The van der Waals surface area contributed by atoms with Gasteiger partial charge in [-0.1, -0.05) is 30.3 Å². The number of carbonyl (C=O) groups is 3. The maximum atomic E-state index is 12.5. The third-order valence-electron chi connectivity index (χ3n) is 4.25. The predicted octanol–water partition coefficient (Wildman–Crippen LogP) is -0.527. The molecule has 1 aromatic rings. The Hall–Kier alpha value is -2.45. The van der Waals surface area contributed by atoms with E-state index in [0.717, 1.165) is 18.4 Å². The summed E-state index contributed by atoms with van der Waals surface area (Å²) in [7, 11) is 0. The van der Waals surface area contributed by atoms with E-state index < -0.39 is 24.1 Å². The topological polar surface area (TPSA) is 132 Å². The SMILES string of the molecule is CCOC(=O)[C@H]1N[C@@H]1C(=O)N[C@@H](Cc1ccccc1)C(=O)NCCCCN. The van der Waals surface area contributed by atoms with Crippen molar-refractivity contribution >= 4 is 17.8 Å². The second-order valence-corrected chi connectivity index (χ2v) is 6.41. The number of hydrogen-bond donors (Lipinski definition) is 4. The number of benzene rings is 1. The van der Waals surface area contributed by atoms with Crippen LogP contribution in [0, 0.1) is 0 Å². The van der Waals surface area contributed by atoms with Crippen LogP contribution in [0.1, 0.15) is 25.3 Å². The summed E-state index contributed by atoms with van der Waals surface area (Å²) < 4.78 is 4.90. The molecule has 0 spiro atoms. The van der Waals surface area contributed by atoms with Crippen LogP contribution in [0.3, 0.4) is 0 Å². The zero-order valence-corrected chi connectivity index (χ0v) is 15.6. The molecule has 1 aliphatic rings. The number of amides is 2. The molecule has 1 aromatic carbocycles. The number of hydrogen-bond acceptors (Lipinski definition) is 6. The Labute approximate surface area is 159 Å². The lowest BCUT2D eigenvalue weighted by Crippen LogP contribution is -2.50. The van der Waals surface area contributed by atoms with Crippen molar-refractivity contribution in [3.8, 4) is 0 Å². The van der Waals surface area contributed by atoms with Crippen molar-refractivity contribution in [1.82, 2.24) is 16.0 Å². The van der Waals surface area contributed by atoms with Gasteiger partial charge >= 0.3 is 5.97 Å². The molecule has 8 nitrogen and oxygen atoms in total. The van der Waals surface area contributed by atoms with Gasteiger partial charge in [-0.15, -0.1) is 0 Å². The Balaban J connectivity index is 1.94. The molecule has 2 rings (SSSR count). The van der Waals surface area contributed by atoms with E-state index >= 15 is 0 Å². The molecule has 3 atom stereocenters. The van der Waals surface area contributed by atoms with Crippen LogP contribution in [0.5, 0.6) is 0 Å². The summed E-state index contributed by atoms with van der Waals surface area (Å²) in [5.41, 5.74) is 6.39. The molecule has 0 aromatic heterocycles. The van der Waals surface area contributed by atoms with Gasteiger partial charge in [0.2, 0.25) is 11.8 Å². The van der Waals surface area contributed by atoms with Crippen LogP contribution >= 0.6 is 0 Å². The fourth-order valence-electron chi connectivity index (χ4n) is 2.73. The average Bonchev–Trinajstić information content (AvgIpc) is 3.47. The summed E-state index contributed by atoms with van der Waals surface area (Å²) >= 11 is 0. The quantitative estimate of drug-likeness (QED) is 0.233. The summed E-state index contributed by atoms with van der Waals surface area (Å²) in [6.07, 6.45) is 1.97. The number of nitrogens with two attached hydrogens (primary N) is 1. The first kappa shape index (κ1) is 20.9. The van der Waals surface area contributed by atoms with Crippen LogP contribution in [0.25, 0.3) is 0 Å². The first-order valence-corrected chi connectivity index (χ1v) is 9.31. The molecule has 1 saturated heterocycles. The van der Waals surface area contributed by atoms with E-state index in [1.807, 2.05) is 30.3 Å². The van der Waals surface area contributed by atoms with Gasteiger partial charge in [-0.2, -0.15) is 0 Å². The van der Waals surface area contributed by atoms with E-state index in [4.69, 9.17) is 10.5 Å². The fraction of sp³-hybridized carbons (Fsp3) is 0.526. The van der Waals surface area contributed by atoms with Crippen molar-refractivity contribution < 1.29 is 19.1 Å². The summed E-state index contributed by atoms with van der Waals surface area (Å²) in [6.45, 7) is 3.04. The minimum Gasteiger partial charge on any atom is -0.465 e. The Kier molecular flexibility index (Phi) is 8.22. The third-order valence-corrected chi connectivity index (χ3v) is 4.25. The molecule has 27 heavy (non-hydrogen) atoms. The highest BCUT2D eigenvalue weighted by Crippen LogP contribution is 2.14. The Morgan fingerprint density at radius 3 is 2.59 bits per heavy atom. The Morgan fingerprint density at radius 1 is 1.19 bits per heavy atom. The summed E-state index contributed by atoms with van der Waals surface area (Å²) in [6, 6.07) is 7.43. The van der Waals surface area contributed by atoms with E-state index in [9.17, 15) is 14.4 Å². The first-order valence-electron chi connectivity index (χ1n) is 9.31. The maximum Gasteiger partial charge on any atom is 0.325 e. The second-order valence-electron chi connectivity index (χ2n) is 6.41. The smallest absolute Gasteiger partial charge is 0.325 e. The minimum absolute atomic E-state index is 0.252. The third kappa shape index (κ3) is 6.65. The van der Waals surface area contributed by atoms with Gasteiger partial charge in [0.1, 0.15) is 18.1 Å². The van der Waals surface area contributed by atoms with E-state index in [0.29, 0.717) is 19.5 Å². The maximum absolute atomic E-state index is 12.5. The van der Waals surface area contributed by atoms with Crippen LogP contribution in [-0.2, 0) is 25.5 Å². The van der Waals surface area contributed by atoms with Crippen molar-refractivity contribution in [3.05, 3.63) is 35.9 Å². The summed E-state index contributed by atoms with van der Waals surface area (Å²) in [5.74, 6) is -1.09. The molecule has 1 heterocycles. The second kappa shape index (κ2) is 10.6. The fourth-order valence-corrected chi connectivity index (χ4v) is 2.73. The molecule has 1 aliphatic heterocycles. The number of ether oxygens (including phenoxy) is 1. The molecule has 148 valence electrons. The zero-order chi connectivity index (χ0) is 19.6.